The number of methoxy groups -OCH3 is 1. The molecule has 0 spiro atoms. The first-order chi connectivity index (χ1) is 16.0. The summed E-state index contributed by atoms with van der Waals surface area (Å²) < 4.78 is 33.8. The Morgan fingerprint density at radius 2 is 2.06 bits per heavy atom. The van der Waals surface area contributed by atoms with Crippen LogP contribution in [0.2, 0.25) is 0 Å². The molecule has 0 saturated heterocycles. The molecule has 1 aliphatic carbocycles. The summed E-state index contributed by atoms with van der Waals surface area (Å²) in [7, 11) is 1.55. The Morgan fingerprint density at radius 3 is 2.70 bits per heavy atom. The van der Waals surface area contributed by atoms with Gasteiger partial charge in [0.15, 0.2) is 11.5 Å². The van der Waals surface area contributed by atoms with Crippen LogP contribution in [0, 0.1) is 0 Å². The molecule has 2 aromatic carbocycles. The molecule has 2 amide bonds. The normalized spacial score (nSPS) is 16.8. The maximum absolute atomic E-state index is 13.6. The van der Waals surface area contributed by atoms with Crippen LogP contribution in [0.15, 0.2) is 36.4 Å². The molecule has 33 heavy (non-hydrogen) atoms. The molecular weight excluding hydrogens is 444 g/mol. The molecule has 0 radical (unpaired) electrons. The molecule has 1 aliphatic heterocycles. The fraction of sp³-hybridized carbons (Fsp3) is 0.417. The zero-order valence-electron chi connectivity index (χ0n) is 18.7. The number of amides is 2. The highest BCUT2D eigenvalue weighted by atomic mass is 32.2. The van der Waals surface area contributed by atoms with Crippen LogP contribution in [0.5, 0.6) is 11.5 Å². The minimum Gasteiger partial charge on any atom is -0.772 e. The van der Waals surface area contributed by atoms with Gasteiger partial charge in [0.2, 0.25) is 6.41 Å². The van der Waals surface area contributed by atoms with Crippen molar-refractivity contribution >= 4 is 29.1 Å². The molecule has 2 aromatic rings. The Bertz CT molecular complexity index is 1070. The van der Waals surface area contributed by atoms with E-state index in [-0.39, 0.29) is 24.1 Å². The maximum atomic E-state index is 13.6. The van der Waals surface area contributed by atoms with Crippen molar-refractivity contribution in [1.82, 2.24) is 4.90 Å². The Labute approximate surface area is 195 Å². The summed E-state index contributed by atoms with van der Waals surface area (Å²) in [6.07, 6.45) is 2.87. The van der Waals surface area contributed by atoms with Gasteiger partial charge in [-0.25, -0.2) is 0 Å². The van der Waals surface area contributed by atoms with Gasteiger partial charge in [-0.3, -0.25) is 13.8 Å². The number of carbonyl (C=O) groups excluding carboxylic acids is 2. The smallest absolute Gasteiger partial charge is 0.257 e. The molecule has 0 N–H and O–H groups in total. The lowest BCUT2D eigenvalue weighted by atomic mass is 10.0. The minimum absolute atomic E-state index is 0.0871. The van der Waals surface area contributed by atoms with E-state index in [1.165, 1.54) is 0 Å². The van der Waals surface area contributed by atoms with Gasteiger partial charge in [0.25, 0.3) is 5.91 Å². The number of fused-ring (bicyclic) bond motifs is 1. The minimum atomic E-state index is -2.25. The molecule has 2 atom stereocenters. The van der Waals surface area contributed by atoms with E-state index in [4.69, 9.17) is 9.47 Å². The fourth-order valence-corrected chi connectivity index (χ4v) is 4.82. The molecule has 176 valence electrons. The first kappa shape index (κ1) is 23.3. The van der Waals surface area contributed by atoms with Gasteiger partial charge in [-0.05, 0) is 55.5 Å². The summed E-state index contributed by atoms with van der Waals surface area (Å²) in [5.41, 5.74) is 2.73. The quantitative estimate of drug-likeness (QED) is 0.369. The van der Waals surface area contributed by atoms with Crippen LogP contribution in [0.1, 0.15) is 53.7 Å². The first-order valence-electron chi connectivity index (χ1n) is 11.0. The predicted octanol–water partition coefficient (Wildman–Crippen LogP) is 3.19. The molecule has 2 aliphatic rings. The first-order valence-corrected chi connectivity index (χ1v) is 12.3. The number of anilines is 1. The van der Waals surface area contributed by atoms with Gasteiger partial charge in [-0.1, -0.05) is 29.3 Å². The largest absolute Gasteiger partial charge is 0.772 e. The van der Waals surface area contributed by atoms with Crippen molar-refractivity contribution in [2.75, 3.05) is 24.4 Å². The van der Waals surface area contributed by atoms with Crippen molar-refractivity contribution in [2.45, 2.75) is 44.8 Å². The maximum Gasteiger partial charge on any atom is 0.257 e. The molecule has 0 aromatic heterocycles. The number of ether oxygens (including phenoxy) is 2. The predicted molar refractivity (Wildman–Crippen MR) is 123 cm³/mol. The summed E-state index contributed by atoms with van der Waals surface area (Å²) in [5, 5.41) is 0. The molecule has 1 heterocycles. The van der Waals surface area contributed by atoms with Crippen molar-refractivity contribution in [3.8, 4) is 11.5 Å². The highest BCUT2D eigenvalue weighted by Gasteiger charge is 2.39. The van der Waals surface area contributed by atoms with Gasteiger partial charge in [0.05, 0.1) is 31.0 Å². The summed E-state index contributed by atoms with van der Waals surface area (Å²) in [6, 6.07) is 10.6. The molecule has 0 bridgehead atoms. The standard InChI is InChI=1S/C24H28N2O6S/c1-3-32-22-13-16(7-10-21(22)31-2)19(11-12-33(29)30)25-14-17-5-4-6-20(23(17)24(25)28)26(15-27)18-8-9-18/h4-7,10,13,15,18-19H,3,8-9,11-12,14H2,1-2H3,(H,29,30)/p-1. The average Bonchev–Trinajstić information content (AvgIpc) is 3.58. The van der Waals surface area contributed by atoms with Gasteiger partial charge < -0.3 is 23.8 Å². The van der Waals surface area contributed by atoms with Crippen LogP contribution >= 0.6 is 0 Å². The molecule has 2 unspecified atom stereocenters. The molecular formula is C24H27N2O6S-. The number of benzene rings is 2. The second-order valence-electron chi connectivity index (χ2n) is 8.14. The summed E-state index contributed by atoms with van der Waals surface area (Å²) in [5.74, 6) is 0.812. The fourth-order valence-electron chi connectivity index (χ4n) is 4.40. The van der Waals surface area contributed by atoms with Gasteiger partial charge in [0, 0.05) is 18.3 Å². The van der Waals surface area contributed by atoms with Gasteiger partial charge >= 0.3 is 0 Å². The van der Waals surface area contributed by atoms with Crippen LogP contribution in [-0.4, -0.2) is 51.5 Å². The number of rotatable bonds is 11. The Kier molecular flexibility index (Phi) is 6.99. The lowest BCUT2D eigenvalue weighted by Gasteiger charge is -2.29. The van der Waals surface area contributed by atoms with Crippen LogP contribution in [0.3, 0.4) is 0 Å². The van der Waals surface area contributed by atoms with E-state index in [1.54, 1.807) is 35.1 Å². The van der Waals surface area contributed by atoms with E-state index < -0.39 is 17.1 Å². The molecule has 8 nitrogen and oxygen atoms in total. The van der Waals surface area contributed by atoms with Crippen LogP contribution in [0.4, 0.5) is 5.69 Å². The second-order valence-corrected chi connectivity index (χ2v) is 9.16. The Balaban J connectivity index is 1.71. The Morgan fingerprint density at radius 1 is 1.27 bits per heavy atom. The number of carbonyl (C=O) groups is 2. The molecule has 9 heteroatoms. The topological polar surface area (TPSA) is 99.2 Å². The van der Waals surface area contributed by atoms with Crippen LogP contribution in [-0.2, 0) is 22.4 Å². The SMILES string of the molecule is CCOc1cc(C(CCS(=O)[O-])N2Cc3cccc(N(C=O)C4CC4)c3C2=O)ccc1OC. The molecule has 4 rings (SSSR count). The van der Waals surface area contributed by atoms with Crippen molar-refractivity contribution in [1.29, 1.82) is 0 Å². The second kappa shape index (κ2) is 9.93. The van der Waals surface area contributed by atoms with Gasteiger partial charge in [-0.2, -0.15) is 0 Å². The third-order valence-electron chi connectivity index (χ3n) is 6.08. The zero-order valence-corrected chi connectivity index (χ0v) is 19.5. The van der Waals surface area contributed by atoms with E-state index in [2.05, 4.69) is 0 Å². The third kappa shape index (κ3) is 4.74. The summed E-state index contributed by atoms with van der Waals surface area (Å²) in [4.78, 5) is 28.8. The molecule has 1 saturated carbocycles. The number of hydrogen-bond donors (Lipinski definition) is 0. The summed E-state index contributed by atoms with van der Waals surface area (Å²) >= 11 is -2.25. The number of nitrogens with zero attached hydrogens (tertiary/aromatic N) is 2. The van der Waals surface area contributed by atoms with E-state index in [0.29, 0.717) is 35.9 Å². The van der Waals surface area contributed by atoms with E-state index >= 15 is 0 Å². The monoisotopic (exact) mass is 471 g/mol. The van der Waals surface area contributed by atoms with Crippen LogP contribution in [0.25, 0.3) is 0 Å². The lowest BCUT2D eigenvalue weighted by molar-refractivity contribution is -0.107. The zero-order chi connectivity index (χ0) is 23.5. The third-order valence-corrected chi connectivity index (χ3v) is 6.65. The van der Waals surface area contributed by atoms with Crippen molar-refractivity contribution in [3.05, 3.63) is 53.1 Å². The average molecular weight is 472 g/mol. The number of hydrogen-bond acceptors (Lipinski definition) is 6. The van der Waals surface area contributed by atoms with E-state index in [1.807, 2.05) is 25.1 Å². The van der Waals surface area contributed by atoms with E-state index in [9.17, 15) is 18.4 Å². The van der Waals surface area contributed by atoms with Crippen molar-refractivity contribution < 1.29 is 27.8 Å². The van der Waals surface area contributed by atoms with Gasteiger partial charge in [0.1, 0.15) is 0 Å². The van der Waals surface area contributed by atoms with Crippen LogP contribution < -0.4 is 14.4 Å². The highest BCUT2D eigenvalue weighted by Crippen LogP contribution is 2.41. The summed E-state index contributed by atoms with van der Waals surface area (Å²) in [6.45, 7) is 2.64. The van der Waals surface area contributed by atoms with Crippen molar-refractivity contribution in [2.24, 2.45) is 0 Å². The Hall–Kier alpha value is -2.91. The molecule has 1 fully saturated rings. The highest BCUT2D eigenvalue weighted by molar-refractivity contribution is 7.79. The lowest BCUT2D eigenvalue weighted by Crippen LogP contribution is -2.31. The van der Waals surface area contributed by atoms with Crippen molar-refractivity contribution in [3.63, 3.8) is 0 Å². The van der Waals surface area contributed by atoms with E-state index in [0.717, 1.165) is 30.4 Å². The van der Waals surface area contributed by atoms with Gasteiger partial charge in [-0.15, -0.1) is 0 Å².